The average molecular weight is 345 g/mol. The number of pyridine rings is 1. The van der Waals surface area contributed by atoms with Crippen molar-refractivity contribution in [2.75, 3.05) is 20.3 Å². The largest absolute Gasteiger partial charge is 0.384 e. The molecule has 2 heterocycles. The lowest BCUT2D eigenvalue weighted by Gasteiger charge is -2.41. The van der Waals surface area contributed by atoms with E-state index >= 15 is 0 Å². The van der Waals surface area contributed by atoms with Crippen molar-refractivity contribution in [3.8, 4) is 0 Å². The maximum absolute atomic E-state index is 12.5. The number of rotatable bonds is 7. The maximum atomic E-state index is 12.5. The van der Waals surface area contributed by atoms with Gasteiger partial charge in [0.15, 0.2) is 11.5 Å². The summed E-state index contributed by atoms with van der Waals surface area (Å²) in [6, 6.07) is 5.37. The van der Waals surface area contributed by atoms with Gasteiger partial charge < -0.3 is 15.4 Å². The Balaban J connectivity index is 1.67. The van der Waals surface area contributed by atoms with Gasteiger partial charge in [0.05, 0.1) is 12.6 Å². The van der Waals surface area contributed by atoms with Crippen LogP contribution in [-0.2, 0) is 4.74 Å². The first-order chi connectivity index (χ1) is 12.0. The summed E-state index contributed by atoms with van der Waals surface area (Å²) in [5, 5.41) is 14.5. The summed E-state index contributed by atoms with van der Waals surface area (Å²) in [5.41, 5.74) is 0.875. The second-order valence-electron chi connectivity index (χ2n) is 7.32. The van der Waals surface area contributed by atoms with Gasteiger partial charge in [0.2, 0.25) is 0 Å². The normalized spacial score (nSPS) is 17.3. The Morgan fingerprint density at radius 1 is 1.36 bits per heavy atom. The van der Waals surface area contributed by atoms with Gasteiger partial charge in [-0.1, -0.05) is 26.3 Å². The van der Waals surface area contributed by atoms with Crippen LogP contribution in [-0.4, -0.2) is 40.9 Å². The van der Waals surface area contributed by atoms with Crippen LogP contribution in [0.5, 0.6) is 0 Å². The van der Waals surface area contributed by atoms with Crippen LogP contribution in [0.15, 0.2) is 24.4 Å². The van der Waals surface area contributed by atoms with Gasteiger partial charge in [-0.05, 0) is 30.9 Å². The predicted octanol–water partition coefficient (Wildman–Crippen LogP) is 2.54. The fourth-order valence-corrected chi connectivity index (χ4v) is 3.42. The van der Waals surface area contributed by atoms with Gasteiger partial charge in [-0.15, -0.1) is 10.2 Å². The van der Waals surface area contributed by atoms with Crippen LogP contribution < -0.4 is 10.6 Å². The van der Waals surface area contributed by atoms with Crippen LogP contribution >= 0.6 is 0 Å². The zero-order valence-electron chi connectivity index (χ0n) is 15.2. The Kier molecular flexibility index (Phi) is 5.22. The summed E-state index contributed by atoms with van der Waals surface area (Å²) in [6.45, 7) is 5.45. The molecule has 1 fully saturated rings. The summed E-state index contributed by atoms with van der Waals surface area (Å²) < 4.78 is 7.23. The number of urea groups is 1. The minimum absolute atomic E-state index is 0.0982. The molecule has 0 bridgehead atoms. The highest BCUT2D eigenvalue weighted by atomic mass is 16.5. The molecule has 1 atom stereocenters. The highest BCUT2D eigenvalue weighted by Crippen LogP contribution is 2.40. The minimum Gasteiger partial charge on any atom is -0.384 e. The molecule has 2 N–H and O–H groups in total. The number of carbonyl (C=O) groups excluding carboxylic acids is 1. The van der Waals surface area contributed by atoms with Crippen molar-refractivity contribution in [1.29, 1.82) is 0 Å². The molecule has 1 aliphatic rings. The third-order valence-electron chi connectivity index (χ3n) is 5.06. The summed E-state index contributed by atoms with van der Waals surface area (Å²) in [5.74, 6) is 0.936. The first-order valence-electron chi connectivity index (χ1n) is 8.88. The molecule has 0 spiro atoms. The molecule has 3 rings (SSSR count). The van der Waals surface area contributed by atoms with E-state index in [2.05, 4.69) is 34.7 Å². The number of ether oxygens (including phenoxy) is 1. The maximum Gasteiger partial charge on any atom is 0.315 e. The highest BCUT2D eigenvalue weighted by molar-refractivity contribution is 5.74. The molecule has 25 heavy (non-hydrogen) atoms. The standard InChI is InChI=1S/C18H27N5O2/c1-13(2)15(16-22-21-14-7-4-5-10-23(14)16)20-17(24)19-11-18(12-25-3)8-6-9-18/h4-5,7,10,13,15H,6,8-9,11-12H2,1-3H3,(H2,19,20,24)/t15-/m0/s1. The summed E-state index contributed by atoms with van der Waals surface area (Å²) in [4.78, 5) is 12.5. The first kappa shape index (κ1) is 17.7. The average Bonchev–Trinajstić information content (AvgIpc) is 2.98. The Bertz CT molecular complexity index is 723. The lowest BCUT2D eigenvalue weighted by Crippen LogP contribution is -2.49. The molecule has 1 saturated carbocycles. The number of fused-ring (bicyclic) bond motifs is 1. The minimum atomic E-state index is -0.211. The molecule has 0 aliphatic heterocycles. The van der Waals surface area contributed by atoms with Crippen molar-refractivity contribution < 1.29 is 9.53 Å². The molecule has 2 aromatic rings. The molecular weight excluding hydrogens is 318 g/mol. The first-order valence-corrected chi connectivity index (χ1v) is 8.88. The Labute approximate surface area is 148 Å². The van der Waals surface area contributed by atoms with E-state index < -0.39 is 0 Å². The van der Waals surface area contributed by atoms with Gasteiger partial charge in [-0.2, -0.15) is 0 Å². The lowest BCUT2D eigenvalue weighted by molar-refractivity contribution is 0.0199. The van der Waals surface area contributed by atoms with Gasteiger partial charge in [-0.3, -0.25) is 4.40 Å². The van der Waals surface area contributed by atoms with Crippen LogP contribution in [0.2, 0.25) is 0 Å². The molecule has 1 aliphatic carbocycles. The van der Waals surface area contributed by atoms with E-state index in [-0.39, 0.29) is 23.4 Å². The Morgan fingerprint density at radius 3 is 2.80 bits per heavy atom. The van der Waals surface area contributed by atoms with Crippen LogP contribution in [0.3, 0.4) is 0 Å². The lowest BCUT2D eigenvalue weighted by atomic mass is 9.69. The fraction of sp³-hybridized carbons (Fsp3) is 0.611. The van der Waals surface area contributed by atoms with Crippen LogP contribution in [0.1, 0.15) is 45.0 Å². The molecule has 2 amide bonds. The van der Waals surface area contributed by atoms with E-state index in [1.807, 2.05) is 28.8 Å². The summed E-state index contributed by atoms with van der Waals surface area (Å²) >= 11 is 0. The number of nitrogens with one attached hydrogen (secondary N) is 2. The predicted molar refractivity (Wildman–Crippen MR) is 95.3 cm³/mol. The zero-order valence-corrected chi connectivity index (χ0v) is 15.2. The van der Waals surface area contributed by atoms with Crippen molar-refractivity contribution in [2.24, 2.45) is 11.3 Å². The summed E-state index contributed by atoms with van der Waals surface area (Å²) in [6.07, 6.45) is 5.32. The third-order valence-corrected chi connectivity index (χ3v) is 5.06. The number of hydrogen-bond donors (Lipinski definition) is 2. The fourth-order valence-electron chi connectivity index (χ4n) is 3.42. The molecule has 0 aromatic carbocycles. The Hall–Kier alpha value is -2.15. The van der Waals surface area contributed by atoms with E-state index in [1.54, 1.807) is 7.11 Å². The molecule has 2 aromatic heterocycles. The zero-order chi connectivity index (χ0) is 17.9. The SMILES string of the molecule is COCC1(CNC(=O)N[C@H](c2nnc3ccccn23)C(C)C)CCC1. The van der Waals surface area contributed by atoms with E-state index in [9.17, 15) is 4.79 Å². The number of aromatic nitrogens is 3. The topological polar surface area (TPSA) is 80.5 Å². The quantitative estimate of drug-likeness (QED) is 0.808. The van der Waals surface area contributed by atoms with Crippen molar-refractivity contribution in [2.45, 2.75) is 39.2 Å². The second kappa shape index (κ2) is 7.39. The van der Waals surface area contributed by atoms with E-state index in [1.165, 1.54) is 6.42 Å². The molecular formula is C18H27N5O2. The van der Waals surface area contributed by atoms with Gasteiger partial charge in [0.1, 0.15) is 0 Å². The van der Waals surface area contributed by atoms with Crippen molar-refractivity contribution in [3.05, 3.63) is 30.2 Å². The van der Waals surface area contributed by atoms with E-state index in [0.717, 1.165) is 24.3 Å². The molecule has 136 valence electrons. The molecule has 0 unspecified atom stereocenters. The third kappa shape index (κ3) is 3.76. The van der Waals surface area contributed by atoms with Crippen LogP contribution in [0, 0.1) is 11.3 Å². The monoisotopic (exact) mass is 345 g/mol. The number of nitrogens with zero attached hydrogens (tertiary/aromatic N) is 3. The van der Waals surface area contributed by atoms with Crippen LogP contribution in [0.4, 0.5) is 4.79 Å². The van der Waals surface area contributed by atoms with E-state index in [0.29, 0.717) is 13.2 Å². The number of carbonyl (C=O) groups is 1. The molecule has 7 heteroatoms. The van der Waals surface area contributed by atoms with Crippen molar-refractivity contribution >= 4 is 11.7 Å². The highest BCUT2D eigenvalue weighted by Gasteiger charge is 2.37. The van der Waals surface area contributed by atoms with Crippen molar-refractivity contribution in [3.63, 3.8) is 0 Å². The molecule has 0 saturated heterocycles. The molecule has 0 radical (unpaired) electrons. The van der Waals surface area contributed by atoms with Gasteiger partial charge >= 0.3 is 6.03 Å². The number of amides is 2. The smallest absolute Gasteiger partial charge is 0.315 e. The molecule has 7 nitrogen and oxygen atoms in total. The van der Waals surface area contributed by atoms with Gasteiger partial charge in [-0.25, -0.2) is 4.79 Å². The second-order valence-corrected chi connectivity index (χ2v) is 7.32. The van der Waals surface area contributed by atoms with Crippen LogP contribution in [0.25, 0.3) is 5.65 Å². The van der Waals surface area contributed by atoms with Gasteiger partial charge in [0.25, 0.3) is 0 Å². The van der Waals surface area contributed by atoms with E-state index in [4.69, 9.17) is 4.74 Å². The number of methoxy groups -OCH3 is 1. The summed E-state index contributed by atoms with van der Waals surface area (Å²) in [7, 11) is 1.71. The van der Waals surface area contributed by atoms with Crippen molar-refractivity contribution in [1.82, 2.24) is 25.2 Å². The Morgan fingerprint density at radius 2 is 2.16 bits per heavy atom. The number of hydrogen-bond acceptors (Lipinski definition) is 4. The van der Waals surface area contributed by atoms with Gasteiger partial charge in [0, 0.05) is 25.3 Å².